The molecule has 5 rings (SSSR count). The van der Waals surface area contributed by atoms with Gasteiger partial charge in [0.2, 0.25) is 5.91 Å². The van der Waals surface area contributed by atoms with Gasteiger partial charge in [0, 0.05) is 56.9 Å². The summed E-state index contributed by atoms with van der Waals surface area (Å²) in [6, 6.07) is 17.0. The molecule has 1 saturated heterocycles. The van der Waals surface area contributed by atoms with Gasteiger partial charge in [-0.15, -0.1) is 0 Å². The van der Waals surface area contributed by atoms with Crippen molar-refractivity contribution in [2.24, 2.45) is 7.05 Å². The molecule has 0 spiro atoms. The van der Waals surface area contributed by atoms with Crippen molar-refractivity contribution < 1.29 is 9.59 Å². The van der Waals surface area contributed by atoms with Crippen LogP contribution in [0.4, 0.5) is 5.69 Å². The lowest BCUT2D eigenvalue weighted by Crippen LogP contribution is -2.51. The van der Waals surface area contributed by atoms with Crippen LogP contribution >= 0.6 is 0 Å². The standard InChI is InChI=1S/C25H26N4O3/c1-26-22-9-5-3-7-19(22)20(16-23(26)30)25(32)28-14-12-27(13-15-28)17-24(31)29-11-10-18-6-2-4-8-21(18)29/h2-9,16H,10-15,17H2,1H3. The van der Waals surface area contributed by atoms with Crippen molar-refractivity contribution in [3.8, 4) is 0 Å². The van der Waals surface area contributed by atoms with E-state index in [1.54, 1.807) is 16.5 Å². The maximum atomic E-state index is 13.2. The second-order valence-corrected chi connectivity index (χ2v) is 8.46. The molecule has 0 bridgehead atoms. The van der Waals surface area contributed by atoms with Crippen molar-refractivity contribution in [2.45, 2.75) is 6.42 Å². The quantitative estimate of drug-likeness (QED) is 0.637. The topological polar surface area (TPSA) is 65.9 Å². The van der Waals surface area contributed by atoms with Crippen LogP contribution in [0.3, 0.4) is 0 Å². The third-order valence-electron chi connectivity index (χ3n) is 6.59. The Morgan fingerprint density at radius 2 is 1.62 bits per heavy atom. The molecule has 2 aromatic carbocycles. The molecule has 1 aromatic heterocycles. The molecule has 3 heterocycles. The molecule has 3 aromatic rings. The molecule has 0 radical (unpaired) electrons. The predicted molar refractivity (Wildman–Crippen MR) is 124 cm³/mol. The van der Waals surface area contributed by atoms with Crippen LogP contribution in [0.5, 0.6) is 0 Å². The Morgan fingerprint density at radius 3 is 2.44 bits per heavy atom. The molecular formula is C25H26N4O3. The average molecular weight is 431 g/mol. The SMILES string of the molecule is Cn1c(=O)cc(C(=O)N2CCN(CC(=O)N3CCc4ccccc43)CC2)c2ccccc21. The number of hydrogen-bond acceptors (Lipinski definition) is 4. The van der Waals surface area contributed by atoms with Gasteiger partial charge in [-0.1, -0.05) is 36.4 Å². The number of benzene rings is 2. The van der Waals surface area contributed by atoms with Crippen molar-refractivity contribution in [3.05, 3.63) is 76.1 Å². The van der Waals surface area contributed by atoms with Crippen molar-refractivity contribution in [1.29, 1.82) is 0 Å². The fraction of sp³-hybridized carbons (Fsp3) is 0.320. The Hall–Kier alpha value is -3.45. The minimum Gasteiger partial charge on any atom is -0.336 e. The zero-order valence-corrected chi connectivity index (χ0v) is 18.2. The van der Waals surface area contributed by atoms with E-state index in [0.29, 0.717) is 38.3 Å². The Morgan fingerprint density at radius 1 is 0.906 bits per heavy atom. The Kier molecular flexibility index (Phi) is 5.27. The van der Waals surface area contributed by atoms with E-state index in [1.807, 2.05) is 47.4 Å². The maximum absolute atomic E-state index is 13.2. The number of carbonyl (C=O) groups excluding carboxylic acids is 2. The van der Waals surface area contributed by atoms with Crippen LogP contribution < -0.4 is 10.5 Å². The highest BCUT2D eigenvalue weighted by Crippen LogP contribution is 2.27. The summed E-state index contributed by atoms with van der Waals surface area (Å²) in [5.41, 5.74) is 3.24. The zero-order chi connectivity index (χ0) is 22.2. The molecule has 164 valence electrons. The first-order valence-electron chi connectivity index (χ1n) is 11.0. The summed E-state index contributed by atoms with van der Waals surface area (Å²) in [5.74, 6) is -0.0226. The number of hydrogen-bond donors (Lipinski definition) is 0. The molecule has 32 heavy (non-hydrogen) atoms. The normalized spacial score (nSPS) is 16.4. The van der Waals surface area contributed by atoms with Crippen molar-refractivity contribution >= 4 is 28.4 Å². The van der Waals surface area contributed by atoms with Crippen LogP contribution in [-0.4, -0.2) is 65.4 Å². The van der Waals surface area contributed by atoms with E-state index in [2.05, 4.69) is 11.0 Å². The minimum atomic E-state index is -0.192. The summed E-state index contributed by atoms with van der Waals surface area (Å²) in [5, 5.41) is 0.782. The van der Waals surface area contributed by atoms with Gasteiger partial charge < -0.3 is 14.4 Å². The summed E-state index contributed by atoms with van der Waals surface area (Å²) in [6.07, 6.45) is 0.898. The Bertz CT molecular complexity index is 1260. The van der Waals surface area contributed by atoms with E-state index in [-0.39, 0.29) is 17.4 Å². The Balaban J connectivity index is 1.25. The van der Waals surface area contributed by atoms with Crippen molar-refractivity contribution in [1.82, 2.24) is 14.4 Å². The van der Waals surface area contributed by atoms with Gasteiger partial charge in [0.05, 0.1) is 17.6 Å². The van der Waals surface area contributed by atoms with Gasteiger partial charge in [-0.25, -0.2) is 0 Å². The van der Waals surface area contributed by atoms with Crippen LogP contribution in [0, 0.1) is 0 Å². The van der Waals surface area contributed by atoms with Gasteiger partial charge in [-0.05, 0) is 24.1 Å². The van der Waals surface area contributed by atoms with Gasteiger partial charge in [0.15, 0.2) is 0 Å². The molecule has 0 atom stereocenters. The van der Waals surface area contributed by atoms with E-state index in [1.165, 1.54) is 11.6 Å². The van der Waals surface area contributed by atoms with Gasteiger partial charge in [-0.2, -0.15) is 0 Å². The minimum absolute atomic E-state index is 0.104. The average Bonchev–Trinajstić information content (AvgIpc) is 3.26. The lowest BCUT2D eigenvalue weighted by atomic mass is 10.1. The highest BCUT2D eigenvalue weighted by Gasteiger charge is 2.28. The Labute approximate surface area is 186 Å². The van der Waals surface area contributed by atoms with E-state index >= 15 is 0 Å². The van der Waals surface area contributed by atoms with Gasteiger partial charge >= 0.3 is 0 Å². The summed E-state index contributed by atoms with van der Waals surface area (Å²) >= 11 is 0. The monoisotopic (exact) mass is 430 g/mol. The second kappa shape index (κ2) is 8.24. The maximum Gasteiger partial charge on any atom is 0.254 e. The molecule has 0 unspecified atom stereocenters. The van der Waals surface area contributed by atoms with E-state index < -0.39 is 0 Å². The van der Waals surface area contributed by atoms with E-state index in [0.717, 1.165) is 29.6 Å². The number of nitrogens with zero attached hydrogens (tertiary/aromatic N) is 4. The molecule has 0 aliphatic carbocycles. The number of piperazine rings is 1. The fourth-order valence-corrected chi connectivity index (χ4v) is 4.74. The van der Waals surface area contributed by atoms with Crippen LogP contribution in [0.2, 0.25) is 0 Å². The molecule has 0 saturated carbocycles. The number of carbonyl (C=O) groups is 2. The first kappa shape index (κ1) is 20.5. The van der Waals surface area contributed by atoms with Gasteiger partial charge in [0.1, 0.15) is 0 Å². The number of fused-ring (bicyclic) bond motifs is 2. The first-order valence-corrected chi connectivity index (χ1v) is 11.0. The number of amides is 2. The number of para-hydroxylation sites is 2. The highest BCUT2D eigenvalue weighted by atomic mass is 16.2. The lowest BCUT2D eigenvalue weighted by Gasteiger charge is -2.35. The number of aromatic nitrogens is 1. The van der Waals surface area contributed by atoms with E-state index in [4.69, 9.17) is 0 Å². The van der Waals surface area contributed by atoms with Crippen LogP contribution in [0.25, 0.3) is 10.9 Å². The molecule has 7 nitrogen and oxygen atoms in total. The van der Waals surface area contributed by atoms with Crippen LogP contribution in [0.1, 0.15) is 15.9 Å². The third kappa shape index (κ3) is 3.58. The van der Waals surface area contributed by atoms with Crippen LogP contribution in [-0.2, 0) is 18.3 Å². The molecular weight excluding hydrogens is 404 g/mol. The summed E-state index contributed by atoms with van der Waals surface area (Å²) in [6.45, 7) is 3.42. The number of aryl methyl sites for hydroxylation is 1. The van der Waals surface area contributed by atoms with Gasteiger partial charge in [0.25, 0.3) is 11.5 Å². The smallest absolute Gasteiger partial charge is 0.254 e. The van der Waals surface area contributed by atoms with Crippen molar-refractivity contribution in [2.75, 3.05) is 44.2 Å². The second-order valence-electron chi connectivity index (χ2n) is 8.46. The fourth-order valence-electron chi connectivity index (χ4n) is 4.74. The largest absolute Gasteiger partial charge is 0.336 e. The predicted octanol–water partition coefficient (Wildman–Crippen LogP) is 1.89. The summed E-state index contributed by atoms with van der Waals surface area (Å²) in [4.78, 5) is 44.3. The molecule has 0 N–H and O–H groups in total. The van der Waals surface area contributed by atoms with Crippen molar-refractivity contribution in [3.63, 3.8) is 0 Å². The number of pyridine rings is 1. The first-order chi connectivity index (χ1) is 15.5. The molecule has 7 heteroatoms. The van der Waals surface area contributed by atoms with Crippen LogP contribution in [0.15, 0.2) is 59.4 Å². The number of anilines is 1. The summed E-state index contributed by atoms with van der Waals surface area (Å²) < 4.78 is 1.56. The molecule has 2 amide bonds. The highest BCUT2D eigenvalue weighted by molar-refractivity contribution is 6.06. The van der Waals surface area contributed by atoms with Gasteiger partial charge in [-0.3, -0.25) is 19.3 Å². The number of rotatable bonds is 3. The van der Waals surface area contributed by atoms with E-state index in [9.17, 15) is 14.4 Å². The summed E-state index contributed by atoms with van der Waals surface area (Å²) in [7, 11) is 1.72. The third-order valence-corrected chi connectivity index (χ3v) is 6.59. The molecule has 2 aliphatic rings. The molecule has 1 fully saturated rings. The molecule has 2 aliphatic heterocycles. The zero-order valence-electron chi connectivity index (χ0n) is 18.2. The lowest BCUT2D eigenvalue weighted by molar-refractivity contribution is -0.120.